The van der Waals surface area contributed by atoms with E-state index in [-0.39, 0.29) is 12.5 Å². The van der Waals surface area contributed by atoms with E-state index in [9.17, 15) is 4.79 Å². The van der Waals surface area contributed by atoms with Crippen LogP contribution in [0, 0.1) is 11.3 Å². The van der Waals surface area contributed by atoms with Gasteiger partial charge in [0, 0.05) is 25.4 Å². The van der Waals surface area contributed by atoms with Gasteiger partial charge in [0.15, 0.2) is 0 Å². The smallest absolute Gasteiger partial charge is 0.238 e. The van der Waals surface area contributed by atoms with Crippen LogP contribution in [0.2, 0.25) is 0 Å². The molecule has 0 aliphatic rings. The number of benzene rings is 1. The minimum atomic E-state index is -0.149. The maximum Gasteiger partial charge on any atom is 0.238 e. The summed E-state index contributed by atoms with van der Waals surface area (Å²) in [6.07, 6.45) is 3.69. The molecule has 6 heteroatoms. The second kappa shape index (κ2) is 6.68. The number of anilines is 1. The summed E-state index contributed by atoms with van der Waals surface area (Å²) in [6, 6.07) is 9.01. The number of para-hydroxylation sites is 1. The summed E-state index contributed by atoms with van der Waals surface area (Å²) in [7, 11) is 3.72. The van der Waals surface area contributed by atoms with Gasteiger partial charge in [0.1, 0.15) is 6.07 Å². The molecule has 108 valence electrons. The van der Waals surface area contributed by atoms with Crippen molar-refractivity contribution in [1.29, 1.82) is 5.26 Å². The van der Waals surface area contributed by atoms with Gasteiger partial charge in [-0.25, -0.2) is 0 Å². The fourth-order valence-electron chi connectivity index (χ4n) is 2.05. The lowest BCUT2D eigenvalue weighted by Crippen LogP contribution is -2.29. The second-order valence-electron chi connectivity index (χ2n) is 4.90. The molecule has 0 bridgehead atoms. The summed E-state index contributed by atoms with van der Waals surface area (Å²) in [5.41, 5.74) is 2.05. The Morgan fingerprint density at radius 2 is 2.24 bits per heavy atom. The predicted molar refractivity (Wildman–Crippen MR) is 79.3 cm³/mol. The number of rotatable bonds is 5. The molecule has 1 heterocycles. The fraction of sp³-hybridized carbons (Fsp3) is 0.267. The number of likely N-dealkylation sites (N-methyl/N-ethyl adjacent to an activating group) is 1. The summed E-state index contributed by atoms with van der Waals surface area (Å²) >= 11 is 0. The predicted octanol–water partition coefficient (Wildman–Crippen LogP) is 1.36. The molecule has 0 fully saturated rings. The van der Waals surface area contributed by atoms with Gasteiger partial charge in [-0.2, -0.15) is 10.4 Å². The Morgan fingerprint density at radius 3 is 2.90 bits per heavy atom. The lowest BCUT2D eigenvalue weighted by Gasteiger charge is -2.15. The quantitative estimate of drug-likeness (QED) is 0.899. The Balaban J connectivity index is 1.91. The molecule has 0 radical (unpaired) electrons. The van der Waals surface area contributed by atoms with Crippen LogP contribution in [0.25, 0.3) is 0 Å². The molecule has 0 aliphatic heterocycles. The third-order valence-electron chi connectivity index (χ3n) is 2.95. The molecule has 1 N–H and O–H groups in total. The van der Waals surface area contributed by atoms with Gasteiger partial charge >= 0.3 is 0 Å². The largest absolute Gasteiger partial charge is 0.324 e. The third-order valence-corrected chi connectivity index (χ3v) is 2.95. The van der Waals surface area contributed by atoms with Gasteiger partial charge < -0.3 is 5.32 Å². The molecule has 2 rings (SSSR count). The molecular formula is C15H17N5O. The Bertz CT molecular complexity index is 671. The molecule has 0 atom stereocenters. The third kappa shape index (κ3) is 4.16. The number of aromatic nitrogens is 2. The molecule has 1 aromatic carbocycles. The SMILES string of the molecule is CN(CC(=O)Nc1ccccc1C#N)Cc1cnn(C)c1. The average Bonchev–Trinajstić information content (AvgIpc) is 2.84. The highest BCUT2D eigenvalue weighted by Gasteiger charge is 2.10. The van der Waals surface area contributed by atoms with Gasteiger partial charge in [-0.1, -0.05) is 12.1 Å². The summed E-state index contributed by atoms with van der Waals surface area (Å²) in [5.74, 6) is -0.149. The zero-order chi connectivity index (χ0) is 15.2. The van der Waals surface area contributed by atoms with Gasteiger partial charge in [-0.3, -0.25) is 14.4 Å². The maximum atomic E-state index is 12.0. The van der Waals surface area contributed by atoms with Gasteiger partial charge in [0.05, 0.1) is 24.0 Å². The first-order valence-corrected chi connectivity index (χ1v) is 6.53. The van der Waals surface area contributed by atoms with Crippen molar-refractivity contribution >= 4 is 11.6 Å². The van der Waals surface area contributed by atoms with Crippen LogP contribution in [0.15, 0.2) is 36.7 Å². The number of nitrogens with one attached hydrogen (secondary N) is 1. The molecule has 0 unspecified atom stereocenters. The van der Waals surface area contributed by atoms with E-state index in [2.05, 4.69) is 16.5 Å². The first-order valence-electron chi connectivity index (χ1n) is 6.53. The standard InChI is InChI=1S/C15H17N5O/c1-19(9-12-8-17-20(2)10-12)11-15(21)18-14-6-4-3-5-13(14)7-16/h3-6,8,10H,9,11H2,1-2H3,(H,18,21). The van der Waals surface area contributed by atoms with Gasteiger partial charge in [-0.05, 0) is 19.2 Å². The van der Waals surface area contributed by atoms with Gasteiger partial charge in [-0.15, -0.1) is 0 Å². The number of carbonyl (C=O) groups excluding carboxylic acids is 1. The van der Waals surface area contributed by atoms with Crippen LogP contribution >= 0.6 is 0 Å². The minimum absolute atomic E-state index is 0.149. The number of nitrogens with zero attached hydrogens (tertiary/aromatic N) is 4. The maximum absolute atomic E-state index is 12.0. The number of nitriles is 1. The van der Waals surface area contributed by atoms with Crippen molar-refractivity contribution < 1.29 is 4.79 Å². The molecule has 1 aromatic heterocycles. The molecule has 2 aromatic rings. The number of hydrogen-bond donors (Lipinski definition) is 1. The summed E-state index contributed by atoms with van der Waals surface area (Å²) < 4.78 is 1.73. The highest BCUT2D eigenvalue weighted by molar-refractivity contribution is 5.93. The zero-order valence-corrected chi connectivity index (χ0v) is 12.1. The molecular weight excluding hydrogens is 266 g/mol. The topological polar surface area (TPSA) is 74.0 Å². The van der Waals surface area contributed by atoms with Crippen LogP contribution in [0.1, 0.15) is 11.1 Å². The number of hydrogen-bond acceptors (Lipinski definition) is 4. The number of carbonyl (C=O) groups is 1. The summed E-state index contributed by atoms with van der Waals surface area (Å²) in [4.78, 5) is 13.9. The van der Waals surface area contributed by atoms with Crippen molar-refractivity contribution in [1.82, 2.24) is 14.7 Å². The Kier molecular flexibility index (Phi) is 4.69. The van der Waals surface area contributed by atoms with E-state index in [1.54, 1.807) is 35.1 Å². The zero-order valence-electron chi connectivity index (χ0n) is 12.1. The summed E-state index contributed by atoms with van der Waals surface area (Å²) in [5, 5.41) is 15.8. The van der Waals surface area contributed by atoms with Crippen LogP contribution in [0.3, 0.4) is 0 Å². The molecule has 0 spiro atoms. The Morgan fingerprint density at radius 1 is 1.48 bits per heavy atom. The van der Waals surface area contributed by atoms with Crippen LogP contribution in [-0.2, 0) is 18.4 Å². The van der Waals surface area contributed by atoms with E-state index < -0.39 is 0 Å². The molecule has 0 saturated carbocycles. The van der Waals surface area contributed by atoms with Crippen molar-refractivity contribution in [3.8, 4) is 6.07 Å². The molecule has 0 aliphatic carbocycles. The monoisotopic (exact) mass is 283 g/mol. The van der Waals surface area contributed by atoms with Crippen molar-refractivity contribution in [3.05, 3.63) is 47.8 Å². The Hall–Kier alpha value is -2.65. The highest BCUT2D eigenvalue weighted by atomic mass is 16.2. The summed E-state index contributed by atoms with van der Waals surface area (Å²) in [6.45, 7) is 0.885. The number of amides is 1. The molecule has 1 amide bonds. The van der Waals surface area contributed by atoms with Crippen LogP contribution in [-0.4, -0.2) is 34.2 Å². The van der Waals surface area contributed by atoms with E-state index in [4.69, 9.17) is 5.26 Å². The van der Waals surface area contributed by atoms with E-state index in [1.165, 1.54) is 0 Å². The van der Waals surface area contributed by atoms with Crippen LogP contribution in [0.4, 0.5) is 5.69 Å². The highest BCUT2D eigenvalue weighted by Crippen LogP contribution is 2.13. The normalized spacial score (nSPS) is 10.4. The van der Waals surface area contributed by atoms with Crippen molar-refractivity contribution in [3.63, 3.8) is 0 Å². The van der Waals surface area contributed by atoms with Crippen LogP contribution < -0.4 is 5.32 Å². The van der Waals surface area contributed by atoms with Crippen LogP contribution in [0.5, 0.6) is 0 Å². The average molecular weight is 283 g/mol. The van der Waals surface area contributed by atoms with E-state index in [0.717, 1.165) is 5.56 Å². The second-order valence-corrected chi connectivity index (χ2v) is 4.90. The lowest BCUT2D eigenvalue weighted by molar-refractivity contribution is -0.117. The van der Waals surface area contributed by atoms with E-state index >= 15 is 0 Å². The first kappa shape index (κ1) is 14.8. The van der Waals surface area contributed by atoms with Gasteiger partial charge in [0.25, 0.3) is 0 Å². The molecule has 21 heavy (non-hydrogen) atoms. The lowest BCUT2D eigenvalue weighted by atomic mass is 10.2. The minimum Gasteiger partial charge on any atom is -0.324 e. The first-order chi connectivity index (χ1) is 10.1. The fourth-order valence-corrected chi connectivity index (χ4v) is 2.05. The number of aryl methyl sites for hydroxylation is 1. The van der Waals surface area contributed by atoms with Crippen molar-refractivity contribution in [2.75, 3.05) is 18.9 Å². The molecule has 0 saturated heterocycles. The van der Waals surface area contributed by atoms with E-state index in [0.29, 0.717) is 17.8 Å². The van der Waals surface area contributed by atoms with Crippen molar-refractivity contribution in [2.24, 2.45) is 7.05 Å². The van der Waals surface area contributed by atoms with Gasteiger partial charge in [0.2, 0.25) is 5.91 Å². The van der Waals surface area contributed by atoms with Crippen molar-refractivity contribution in [2.45, 2.75) is 6.54 Å². The van der Waals surface area contributed by atoms with E-state index in [1.807, 2.05) is 25.2 Å². The Labute approximate surface area is 123 Å². The molecule has 6 nitrogen and oxygen atoms in total.